The Kier molecular flexibility index (Phi) is 5.18. The molecule has 2 aliphatic heterocycles. The van der Waals surface area contributed by atoms with Crippen molar-refractivity contribution in [2.75, 3.05) is 26.2 Å². The minimum atomic E-state index is 0.191. The summed E-state index contributed by atoms with van der Waals surface area (Å²) < 4.78 is 0. The molecule has 4 rings (SSSR count). The van der Waals surface area contributed by atoms with E-state index in [1.54, 1.807) is 11.3 Å². The predicted octanol–water partition coefficient (Wildman–Crippen LogP) is 3.67. The fraction of sp³-hybridized carbons (Fsp3) is 0.429. The molecule has 1 amide bonds. The van der Waals surface area contributed by atoms with Crippen LogP contribution in [0.25, 0.3) is 6.08 Å². The zero-order chi connectivity index (χ0) is 17.8. The van der Waals surface area contributed by atoms with Crippen LogP contribution >= 0.6 is 11.3 Å². The molecule has 2 aliphatic rings. The molecule has 0 unspecified atom stereocenters. The van der Waals surface area contributed by atoms with Crippen LogP contribution in [0.1, 0.15) is 30.5 Å². The lowest BCUT2D eigenvalue weighted by Gasteiger charge is -2.38. The van der Waals surface area contributed by atoms with E-state index < -0.39 is 0 Å². The van der Waals surface area contributed by atoms with Crippen molar-refractivity contribution in [1.29, 1.82) is 0 Å². The molecule has 1 spiro atoms. The molecule has 0 saturated carbocycles. The lowest BCUT2D eigenvalue weighted by Crippen LogP contribution is -2.41. The van der Waals surface area contributed by atoms with E-state index in [2.05, 4.69) is 39.5 Å². The molecule has 1 aromatic heterocycles. The zero-order valence-corrected chi connectivity index (χ0v) is 15.8. The molecule has 0 atom stereocenters. The van der Waals surface area contributed by atoms with Gasteiger partial charge in [0.15, 0.2) is 0 Å². The SMILES string of the molecule is O=C1CC2(CCN(Cc3cscn3)CC2)CN1CC=Cc1ccccc1. The molecule has 4 nitrogen and oxygen atoms in total. The van der Waals surface area contributed by atoms with E-state index in [0.717, 1.165) is 52.0 Å². The lowest BCUT2D eigenvalue weighted by molar-refractivity contribution is -0.127. The van der Waals surface area contributed by atoms with Gasteiger partial charge in [-0.1, -0.05) is 42.5 Å². The van der Waals surface area contributed by atoms with Gasteiger partial charge in [0.2, 0.25) is 5.91 Å². The summed E-state index contributed by atoms with van der Waals surface area (Å²) in [6.45, 7) is 4.71. The summed E-state index contributed by atoms with van der Waals surface area (Å²) in [4.78, 5) is 21.4. The fourth-order valence-electron chi connectivity index (χ4n) is 4.09. The number of likely N-dealkylation sites (tertiary alicyclic amines) is 2. The summed E-state index contributed by atoms with van der Waals surface area (Å²) in [5.74, 6) is 0.315. The Hall–Kier alpha value is -1.98. The highest BCUT2D eigenvalue weighted by Crippen LogP contribution is 2.41. The zero-order valence-electron chi connectivity index (χ0n) is 15.0. The Morgan fingerprint density at radius 1 is 1.19 bits per heavy atom. The normalized spacial score (nSPS) is 20.5. The molecule has 136 valence electrons. The van der Waals surface area contributed by atoms with Gasteiger partial charge in [0, 0.05) is 31.4 Å². The molecule has 2 aromatic rings. The van der Waals surface area contributed by atoms with E-state index in [9.17, 15) is 4.79 Å². The van der Waals surface area contributed by atoms with Crippen molar-refractivity contribution >= 4 is 23.3 Å². The second kappa shape index (κ2) is 7.72. The second-order valence-corrected chi connectivity index (χ2v) is 8.24. The Morgan fingerprint density at radius 2 is 2.00 bits per heavy atom. The molecule has 26 heavy (non-hydrogen) atoms. The van der Waals surface area contributed by atoms with Crippen molar-refractivity contribution in [3.05, 3.63) is 58.6 Å². The molecule has 0 aliphatic carbocycles. The van der Waals surface area contributed by atoms with Gasteiger partial charge in [0.05, 0.1) is 11.2 Å². The van der Waals surface area contributed by atoms with E-state index in [1.165, 1.54) is 11.3 Å². The van der Waals surface area contributed by atoms with Gasteiger partial charge in [-0.15, -0.1) is 11.3 Å². The molecule has 0 bridgehead atoms. The van der Waals surface area contributed by atoms with Gasteiger partial charge in [0.1, 0.15) is 0 Å². The summed E-state index contributed by atoms with van der Waals surface area (Å²) in [5, 5.41) is 2.13. The third-order valence-corrected chi connectivity index (χ3v) is 6.26. The Balaban J connectivity index is 1.29. The van der Waals surface area contributed by atoms with Crippen LogP contribution in [-0.4, -0.2) is 46.9 Å². The number of carbonyl (C=O) groups is 1. The maximum atomic E-state index is 12.5. The number of thiazole rings is 1. The van der Waals surface area contributed by atoms with Gasteiger partial charge in [0.25, 0.3) is 0 Å². The number of amides is 1. The lowest BCUT2D eigenvalue weighted by atomic mass is 9.77. The topological polar surface area (TPSA) is 36.4 Å². The van der Waals surface area contributed by atoms with Crippen LogP contribution in [0.2, 0.25) is 0 Å². The minimum Gasteiger partial charge on any atom is -0.338 e. The summed E-state index contributed by atoms with van der Waals surface area (Å²) in [6, 6.07) is 10.3. The van der Waals surface area contributed by atoms with E-state index in [-0.39, 0.29) is 5.41 Å². The number of piperidine rings is 1. The summed E-state index contributed by atoms with van der Waals surface area (Å²) in [5.41, 5.74) is 4.44. The van der Waals surface area contributed by atoms with Crippen molar-refractivity contribution in [3.63, 3.8) is 0 Å². The van der Waals surface area contributed by atoms with Crippen molar-refractivity contribution in [2.45, 2.75) is 25.8 Å². The molecule has 5 heteroatoms. The molecular formula is C21H25N3OS. The first-order valence-electron chi connectivity index (χ1n) is 9.31. The first kappa shape index (κ1) is 17.4. The fourth-order valence-corrected chi connectivity index (χ4v) is 4.64. The van der Waals surface area contributed by atoms with Crippen LogP contribution in [0, 0.1) is 5.41 Å². The van der Waals surface area contributed by atoms with Gasteiger partial charge in [-0.05, 0) is 36.9 Å². The highest BCUT2D eigenvalue weighted by Gasteiger charge is 2.44. The van der Waals surface area contributed by atoms with Crippen LogP contribution in [0.4, 0.5) is 0 Å². The standard InChI is InChI=1S/C21H25N3OS/c25-20-13-21(8-11-23(12-9-21)14-19-15-26-17-22-19)16-24(20)10-4-7-18-5-2-1-3-6-18/h1-7,15,17H,8-14,16H2. The molecule has 0 N–H and O–H groups in total. The summed E-state index contributed by atoms with van der Waals surface area (Å²) in [7, 11) is 0. The Bertz CT molecular complexity index is 749. The average Bonchev–Trinajstić information content (AvgIpc) is 3.27. The average molecular weight is 368 g/mol. The number of hydrogen-bond donors (Lipinski definition) is 0. The van der Waals surface area contributed by atoms with Crippen LogP contribution < -0.4 is 0 Å². The maximum absolute atomic E-state index is 12.5. The number of nitrogens with zero attached hydrogens (tertiary/aromatic N) is 3. The van der Waals surface area contributed by atoms with E-state index in [4.69, 9.17) is 0 Å². The molecule has 2 fully saturated rings. The third kappa shape index (κ3) is 4.05. The van der Waals surface area contributed by atoms with Crippen LogP contribution in [-0.2, 0) is 11.3 Å². The van der Waals surface area contributed by atoms with Crippen molar-refractivity contribution in [3.8, 4) is 0 Å². The van der Waals surface area contributed by atoms with Gasteiger partial charge in [-0.3, -0.25) is 9.69 Å². The van der Waals surface area contributed by atoms with Crippen molar-refractivity contribution in [1.82, 2.24) is 14.8 Å². The Labute approximate surface area is 159 Å². The molecule has 2 saturated heterocycles. The number of hydrogen-bond acceptors (Lipinski definition) is 4. The number of rotatable bonds is 5. The van der Waals surface area contributed by atoms with Crippen LogP contribution in [0.3, 0.4) is 0 Å². The number of benzene rings is 1. The molecule has 3 heterocycles. The predicted molar refractivity (Wildman–Crippen MR) is 106 cm³/mol. The first-order chi connectivity index (χ1) is 12.7. The summed E-state index contributed by atoms with van der Waals surface area (Å²) >= 11 is 1.66. The quantitative estimate of drug-likeness (QED) is 0.809. The van der Waals surface area contributed by atoms with Crippen molar-refractivity contribution < 1.29 is 4.79 Å². The van der Waals surface area contributed by atoms with Crippen LogP contribution in [0.15, 0.2) is 47.3 Å². The largest absolute Gasteiger partial charge is 0.338 e. The smallest absolute Gasteiger partial charge is 0.223 e. The highest BCUT2D eigenvalue weighted by molar-refractivity contribution is 7.07. The van der Waals surface area contributed by atoms with Gasteiger partial charge in [-0.25, -0.2) is 4.98 Å². The van der Waals surface area contributed by atoms with Crippen LogP contribution in [0.5, 0.6) is 0 Å². The molecule has 0 radical (unpaired) electrons. The van der Waals surface area contributed by atoms with Crippen molar-refractivity contribution in [2.24, 2.45) is 5.41 Å². The van der Waals surface area contributed by atoms with E-state index in [0.29, 0.717) is 5.91 Å². The highest BCUT2D eigenvalue weighted by atomic mass is 32.1. The number of carbonyl (C=O) groups excluding carboxylic acids is 1. The molecule has 1 aromatic carbocycles. The third-order valence-electron chi connectivity index (χ3n) is 5.63. The monoisotopic (exact) mass is 367 g/mol. The second-order valence-electron chi connectivity index (χ2n) is 7.52. The number of aromatic nitrogens is 1. The van der Waals surface area contributed by atoms with Gasteiger partial charge in [-0.2, -0.15) is 0 Å². The molecular weight excluding hydrogens is 342 g/mol. The van der Waals surface area contributed by atoms with E-state index in [1.807, 2.05) is 28.6 Å². The van der Waals surface area contributed by atoms with Gasteiger partial charge >= 0.3 is 0 Å². The maximum Gasteiger partial charge on any atom is 0.223 e. The Morgan fingerprint density at radius 3 is 2.73 bits per heavy atom. The van der Waals surface area contributed by atoms with E-state index >= 15 is 0 Å². The first-order valence-corrected chi connectivity index (χ1v) is 10.3. The summed E-state index contributed by atoms with van der Waals surface area (Å²) in [6.07, 6.45) is 7.17. The van der Waals surface area contributed by atoms with Gasteiger partial charge < -0.3 is 4.90 Å². The minimum absolute atomic E-state index is 0.191.